The molecule has 1 heterocycles. The van der Waals surface area contributed by atoms with Crippen LogP contribution in [0.2, 0.25) is 0 Å². The molecule has 1 aliphatic heterocycles. The second kappa shape index (κ2) is 11.0. The van der Waals surface area contributed by atoms with Crippen molar-refractivity contribution in [2.24, 2.45) is 5.10 Å². The van der Waals surface area contributed by atoms with Gasteiger partial charge in [0, 0.05) is 39.6 Å². The molecule has 0 bridgehead atoms. The first-order chi connectivity index (χ1) is 16.5. The summed E-state index contributed by atoms with van der Waals surface area (Å²) in [5, 5.41) is 5.67. The van der Waals surface area contributed by atoms with Crippen LogP contribution in [0.25, 0.3) is 22.0 Å². The van der Waals surface area contributed by atoms with E-state index in [-0.39, 0.29) is 15.9 Å². The molecule has 4 rings (SSSR count). The Kier molecular flexibility index (Phi) is 7.88. The Hall–Kier alpha value is -2.86. The Morgan fingerprint density at radius 2 is 1.79 bits per heavy atom. The predicted octanol–water partition coefficient (Wildman–Crippen LogP) is 2.19. The average molecular weight is 500 g/mol. The number of halogens is 1. The van der Waals surface area contributed by atoms with E-state index in [9.17, 15) is 9.59 Å². The fourth-order valence-corrected chi connectivity index (χ4v) is 4.15. The lowest BCUT2D eigenvalue weighted by atomic mass is 10.0. The number of rotatable bonds is 10. The molecule has 0 saturated carbocycles. The van der Waals surface area contributed by atoms with Crippen molar-refractivity contribution < 1.29 is 9.32 Å². The zero-order chi connectivity index (χ0) is 24.1. The number of aromatic nitrogens is 1. The van der Waals surface area contributed by atoms with E-state index in [0.29, 0.717) is 33.9 Å². The van der Waals surface area contributed by atoms with E-state index in [1.165, 1.54) is 0 Å². The van der Waals surface area contributed by atoms with Crippen LogP contribution in [-0.4, -0.2) is 37.1 Å². The van der Waals surface area contributed by atoms with Crippen molar-refractivity contribution >= 4 is 34.6 Å². The molecule has 1 aliphatic carbocycles. The number of hydroxylamine groups is 1. The van der Waals surface area contributed by atoms with Gasteiger partial charge in [0.15, 0.2) is 5.43 Å². The summed E-state index contributed by atoms with van der Waals surface area (Å²) in [5.74, 6) is 0. The van der Waals surface area contributed by atoms with Gasteiger partial charge in [-0.25, -0.2) is 9.93 Å². The maximum absolute atomic E-state index is 13.3. The van der Waals surface area contributed by atoms with Gasteiger partial charge in [-0.15, -0.1) is 9.32 Å². The zero-order valence-electron chi connectivity index (χ0n) is 18.5. The maximum atomic E-state index is 13.3. The molecule has 11 heteroatoms. The Labute approximate surface area is 203 Å². The molecule has 0 saturated heterocycles. The SMILES string of the molecule is CN(C)CCCNOOSc1ccc(-c2nc(=O)c3/c(=N\NCl)c4ccccc4c(=O)c2=3)cc1. The van der Waals surface area contributed by atoms with E-state index in [0.717, 1.165) is 29.9 Å². The molecule has 0 spiro atoms. The molecule has 0 fully saturated rings. The fourth-order valence-electron chi connectivity index (χ4n) is 3.66. The summed E-state index contributed by atoms with van der Waals surface area (Å²) in [6, 6.07) is 14.1. The fraction of sp³-hybridized carbons (Fsp3) is 0.217. The van der Waals surface area contributed by atoms with Crippen LogP contribution >= 0.6 is 23.8 Å². The quantitative estimate of drug-likeness (QED) is 0.112. The van der Waals surface area contributed by atoms with E-state index >= 15 is 0 Å². The minimum absolute atomic E-state index is 0.141. The summed E-state index contributed by atoms with van der Waals surface area (Å²) in [5.41, 5.74) is 2.85. The largest absolute Gasteiger partial charge is 0.309 e. The third-order valence-electron chi connectivity index (χ3n) is 5.19. The highest BCUT2D eigenvalue weighted by Gasteiger charge is 2.17. The molecule has 9 nitrogen and oxygen atoms in total. The number of hydrogen-bond acceptors (Lipinski definition) is 10. The Morgan fingerprint density at radius 3 is 2.50 bits per heavy atom. The van der Waals surface area contributed by atoms with Gasteiger partial charge in [0.1, 0.15) is 5.36 Å². The molecule has 0 atom stereocenters. The monoisotopic (exact) mass is 499 g/mol. The number of nitrogens with one attached hydrogen (secondary N) is 2. The molecule has 0 radical (unpaired) electrons. The van der Waals surface area contributed by atoms with Crippen molar-refractivity contribution in [3.05, 3.63) is 84.9 Å². The molecule has 176 valence electrons. The van der Waals surface area contributed by atoms with Crippen molar-refractivity contribution in [2.45, 2.75) is 11.3 Å². The zero-order valence-corrected chi connectivity index (χ0v) is 20.1. The first kappa shape index (κ1) is 24.3. The minimum Gasteiger partial charge on any atom is -0.309 e. The van der Waals surface area contributed by atoms with Gasteiger partial charge in [-0.2, -0.15) is 10.6 Å². The van der Waals surface area contributed by atoms with Crippen LogP contribution in [0, 0.1) is 10.4 Å². The lowest BCUT2D eigenvalue weighted by Gasteiger charge is -2.09. The van der Waals surface area contributed by atoms with E-state index in [2.05, 4.69) is 25.4 Å². The minimum atomic E-state index is -0.533. The average Bonchev–Trinajstić information content (AvgIpc) is 3.18. The van der Waals surface area contributed by atoms with Gasteiger partial charge in [0.2, 0.25) is 0 Å². The van der Waals surface area contributed by atoms with Crippen molar-refractivity contribution in [2.75, 3.05) is 27.2 Å². The molecule has 2 aromatic carbocycles. The van der Waals surface area contributed by atoms with Crippen LogP contribution in [0.4, 0.5) is 0 Å². The number of fused-ring (bicyclic) bond motifs is 1. The van der Waals surface area contributed by atoms with Crippen LogP contribution < -0.4 is 26.8 Å². The normalized spacial score (nSPS) is 12.3. The lowest BCUT2D eigenvalue weighted by Crippen LogP contribution is -2.21. The van der Waals surface area contributed by atoms with Gasteiger partial charge >= 0.3 is 0 Å². The van der Waals surface area contributed by atoms with E-state index in [1.807, 2.05) is 14.1 Å². The van der Waals surface area contributed by atoms with Gasteiger partial charge in [-0.1, -0.05) is 36.4 Å². The van der Waals surface area contributed by atoms with Crippen molar-refractivity contribution in [3.63, 3.8) is 0 Å². The molecular formula is C23H22ClN5O4S. The molecule has 0 amide bonds. The van der Waals surface area contributed by atoms with Crippen LogP contribution in [0.15, 0.2) is 68.1 Å². The molecule has 2 aliphatic rings. The van der Waals surface area contributed by atoms with Crippen LogP contribution in [-0.2, 0) is 9.32 Å². The second-order valence-electron chi connectivity index (χ2n) is 7.75. The van der Waals surface area contributed by atoms with Crippen molar-refractivity contribution in [1.82, 2.24) is 20.3 Å². The Bertz CT molecular complexity index is 1500. The highest BCUT2D eigenvalue weighted by atomic mass is 35.5. The molecule has 0 unspecified atom stereocenters. The smallest absolute Gasteiger partial charge is 0.280 e. The lowest BCUT2D eigenvalue weighted by molar-refractivity contribution is -0.244. The van der Waals surface area contributed by atoms with Gasteiger partial charge in [-0.3, -0.25) is 9.59 Å². The van der Waals surface area contributed by atoms with Gasteiger partial charge < -0.3 is 4.90 Å². The van der Waals surface area contributed by atoms with Crippen molar-refractivity contribution in [3.8, 4) is 11.3 Å². The molecule has 0 aromatic heterocycles. The van der Waals surface area contributed by atoms with Crippen LogP contribution in [0.1, 0.15) is 6.42 Å². The second-order valence-corrected chi connectivity index (χ2v) is 8.69. The molecule has 2 N–H and O–H groups in total. The van der Waals surface area contributed by atoms with E-state index < -0.39 is 5.56 Å². The third kappa shape index (κ3) is 5.12. The van der Waals surface area contributed by atoms with Crippen LogP contribution in [0.5, 0.6) is 0 Å². The summed E-state index contributed by atoms with van der Waals surface area (Å²) < 4.78 is 5.10. The predicted molar refractivity (Wildman–Crippen MR) is 131 cm³/mol. The number of benzene rings is 2. The number of hydrogen-bond donors (Lipinski definition) is 2. The van der Waals surface area contributed by atoms with E-state index in [4.69, 9.17) is 21.1 Å². The molecular weight excluding hydrogens is 478 g/mol. The maximum Gasteiger partial charge on any atom is 0.280 e. The first-order valence-corrected chi connectivity index (χ1v) is 11.6. The summed E-state index contributed by atoms with van der Waals surface area (Å²) in [7, 11) is 4.02. The first-order valence-electron chi connectivity index (χ1n) is 10.4. The van der Waals surface area contributed by atoms with E-state index in [1.54, 1.807) is 48.5 Å². The third-order valence-corrected chi connectivity index (χ3v) is 5.88. The summed E-state index contributed by atoms with van der Waals surface area (Å²) in [4.78, 5) is 40.3. The Balaban J connectivity index is 1.60. The number of nitrogens with zero attached hydrogens (tertiary/aromatic N) is 3. The van der Waals surface area contributed by atoms with Crippen molar-refractivity contribution in [1.29, 1.82) is 0 Å². The molecule has 2 aromatic rings. The standard InChI is InChI=1S/C23H22ClN5O4S/c1-29(2)13-5-12-25-32-33-34-15-10-8-14(9-11-15)20-18-19(23(31)26-20)21(27-28-24)16-6-3-4-7-17(16)22(18)30/h3-4,6-11,25,28H,5,12-13H2,1-2H3/b27-21-. The topological polar surface area (TPSA) is 105 Å². The summed E-state index contributed by atoms with van der Waals surface area (Å²) in [6.07, 6.45) is 0.922. The van der Waals surface area contributed by atoms with Gasteiger partial charge in [-0.05, 0) is 39.2 Å². The van der Waals surface area contributed by atoms with Gasteiger partial charge in [0.25, 0.3) is 5.56 Å². The summed E-state index contributed by atoms with van der Waals surface area (Å²) >= 11 is 6.65. The Morgan fingerprint density at radius 1 is 1.06 bits per heavy atom. The van der Waals surface area contributed by atoms with Gasteiger partial charge in [0.05, 0.1) is 28.2 Å². The molecule has 34 heavy (non-hydrogen) atoms. The highest BCUT2D eigenvalue weighted by molar-refractivity contribution is 7.94. The summed E-state index contributed by atoms with van der Waals surface area (Å²) in [6.45, 7) is 1.60. The highest BCUT2D eigenvalue weighted by Crippen LogP contribution is 2.24. The van der Waals surface area contributed by atoms with Crippen LogP contribution in [0.3, 0.4) is 0 Å².